The zero-order valence-corrected chi connectivity index (χ0v) is 13.5. The van der Waals surface area contributed by atoms with Crippen molar-refractivity contribution in [2.24, 2.45) is 0 Å². The van der Waals surface area contributed by atoms with Crippen molar-refractivity contribution >= 4 is 17.9 Å². The third-order valence-electron chi connectivity index (χ3n) is 2.86. The van der Waals surface area contributed by atoms with Crippen LogP contribution < -0.4 is 20.1 Å². The average Bonchev–Trinajstić information content (AvgIpc) is 2.53. The number of carbonyl (C=O) groups excluding carboxylic acids is 3. The summed E-state index contributed by atoms with van der Waals surface area (Å²) in [5.41, 5.74) is 0.144. The molecule has 0 bridgehead atoms. The summed E-state index contributed by atoms with van der Waals surface area (Å²) >= 11 is 0. The Morgan fingerprint density at radius 3 is 2.43 bits per heavy atom. The molecule has 0 unspecified atom stereocenters. The SMILES string of the molecule is CCNC(=O)NC(=O)[C@@H](C)OC(=O)c1ccc(OC)cc1OC. The number of methoxy groups -OCH3 is 2. The summed E-state index contributed by atoms with van der Waals surface area (Å²) in [5, 5.41) is 4.47. The average molecular weight is 324 g/mol. The van der Waals surface area contributed by atoms with Crippen LogP contribution in [0, 0.1) is 0 Å². The van der Waals surface area contributed by atoms with Crippen molar-refractivity contribution in [3.05, 3.63) is 23.8 Å². The minimum Gasteiger partial charge on any atom is -0.497 e. The van der Waals surface area contributed by atoms with Gasteiger partial charge in [0.05, 0.1) is 14.2 Å². The maximum absolute atomic E-state index is 12.1. The van der Waals surface area contributed by atoms with Crippen molar-refractivity contribution in [3.8, 4) is 11.5 Å². The molecular formula is C15H20N2O6. The Morgan fingerprint density at radius 2 is 1.87 bits per heavy atom. The molecular weight excluding hydrogens is 304 g/mol. The first-order chi connectivity index (χ1) is 10.9. The summed E-state index contributed by atoms with van der Waals surface area (Å²) in [7, 11) is 2.89. The summed E-state index contributed by atoms with van der Waals surface area (Å²) in [4.78, 5) is 35.1. The molecule has 0 saturated heterocycles. The van der Waals surface area contributed by atoms with E-state index in [1.165, 1.54) is 33.3 Å². The lowest BCUT2D eigenvalue weighted by atomic mass is 10.2. The Kier molecular flexibility index (Phi) is 6.85. The maximum Gasteiger partial charge on any atom is 0.342 e. The molecule has 0 spiro atoms. The van der Waals surface area contributed by atoms with Gasteiger partial charge < -0.3 is 19.5 Å². The maximum atomic E-state index is 12.1. The smallest absolute Gasteiger partial charge is 0.342 e. The first-order valence-corrected chi connectivity index (χ1v) is 6.94. The van der Waals surface area contributed by atoms with E-state index in [-0.39, 0.29) is 11.3 Å². The highest BCUT2D eigenvalue weighted by atomic mass is 16.5. The Hall–Kier alpha value is -2.77. The highest BCUT2D eigenvalue weighted by molar-refractivity contribution is 5.99. The van der Waals surface area contributed by atoms with Crippen molar-refractivity contribution < 1.29 is 28.6 Å². The number of nitrogens with one attached hydrogen (secondary N) is 2. The summed E-state index contributed by atoms with van der Waals surface area (Å²) in [6, 6.07) is 3.91. The van der Waals surface area contributed by atoms with Gasteiger partial charge in [0.25, 0.3) is 5.91 Å². The van der Waals surface area contributed by atoms with Gasteiger partial charge in [0.1, 0.15) is 17.1 Å². The van der Waals surface area contributed by atoms with Gasteiger partial charge in [0.2, 0.25) is 0 Å². The standard InChI is InChI=1S/C15H20N2O6/c1-5-16-15(20)17-13(18)9(2)23-14(19)11-7-6-10(21-3)8-12(11)22-4/h6-9H,5H2,1-4H3,(H2,16,17,18,20)/t9-/m1/s1. The molecule has 8 nitrogen and oxygen atoms in total. The highest BCUT2D eigenvalue weighted by Gasteiger charge is 2.22. The Bertz CT molecular complexity index is 587. The van der Waals surface area contributed by atoms with E-state index in [9.17, 15) is 14.4 Å². The molecule has 2 N–H and O–H groups in total. The highest BCUT2D eigenvalue weighted by Crippen LogP contribution is 2.25. The molecule has 0 aliphatic heterocycles. The molecule has 3 amide bonds. The van der Waals surface area contributed by atoms with Gasteiger partial charge in [0.15, 0.2) is 6.10 Å². The van der Waals surface area contributed by atoms with Crippen molar-refractivity contribution in [1.29, 1.82) is 0 Å². The van der Waals surface area contributed by atoms with E-state index in [0.717, 1.165) is 0 Å². The van der Waals surface area contributed by atoms with Crippen LogP contribution in [0.3, 0.4) is 0 Å². The molecule has 0 aliphatic rings. The minimum absolute atomic E-state index is 0.144. The van der Waals surface area contributed by atoms with Gasteiger partial charge in [-0.3, -0.25) is 10.1 Å². The number of esters is 1. The third kappa shape index (κ3) is 5.17. The van der Waals surface area contributed by atoms with Crippen LogP contribution in [0.15, 0.2) is 18.2 Å². The number of urea groups is 1. The van der Waals surface area contributed by atoms with E-state index >= 15 is 0 Å². The first-order valence-electron chi connectivity index (χ1n) is 6.94. The van der Waals surface area contributed by atoms with E-state index in [0.29, 0.717) is 12.3 Å². The molecule has 0 saturated carbocycles. The van der Waals surface area contributed by atoms with Crippen LogP contribution in [0.25, 0.3) is 0 Å². The van der Waals surface area contributed by atoms with Gasteiger partial charge in [-0.15, -0.1) is 0 Å². The van der Waals surface area contributed by atoms with Crippen LogP contribution in [-0.4, -0.2) is 44.8 Å². The molecule has 1 aromatic carbocycles. The van der Waals surface area contributed by atoms with Gasteiger partial charge in [-0.25, -0.2) is 9.59 Å². The van der Waals surface area contributed by atoms with Crippen molar-refractivity contribution in [1.82, 2.24) is 10.6 Å². The Balaban J connectivity index is 2.75. The van der Waals surface area contributed by atoms with Crippen LogP contribution in [0.2, 0.25) is 0 Å². The summed E-state index contributed by atoms with van der Waals surface area (Å²) in [6.07, 6.45) is -1.14. The third-order valence-corrected chi connectivity index (χ3v) is 2.86. The number of carbonyl (C=O) groups is 3. The molecule has 0 aliphatic carbocycles. The second-order valence-corrected chi connectivity index (χ2v) is 4.46. The molecule has 23 heavy (non-hydrogen) atoms. The van der Waals surface area contributed by atoms with Gasteiger partial charge in [-0.2, -0.15) is 0 Å². The lowest BCUT2D eigenvalue weighted by molar-refractivity contribution is -0.127. The molecule has 0 heterocycles. The minimum atomic E-state index is -1.14. The number of amides is 3. The molecule has 1 aromatic rings. The normalized spacial score (nSPS) is 11.1. The van der Waals surface area contributed by atoms with E-state index in [4.69, 9.17) is 14.2 Å². The fourth-order valence-electron chi connectivity index (χ4n) is 1.66. The van der Waals surface area contributed by atoms with Crippen LogP contribution in [0.1, 0.15) is 24.2 Å². The second-order valence-electron chi connectivity index (χ2n) is 4.46. The molecule has 0 aromatic heterocycles. The number of hydrogen-bond acceptors (Lipinski definition) is 6. The van der Waals surface area contributed by atoms with Crippen LogP contribution in [0.4, 0.5) is 4.79 Å². The van der Waals surface area contributed by atoms with Gasteiger partial charge >= 0.3 is 12.0 Å². The predicted molar refractivity (Wildman–Crippen MR) is 81.6 cm³/mol. The van der Waals surface area contributed by atoms with E-state index in [1.807, 2.05) is 0 Å². The van der Waals surface area contributed by atoms with Crippen LogP contribution in [0.5, 0.6) is 11.5 Å². The number of rotatable bonds is 6. The Morgan fingerprint density at radius 1 is 1.17 bits per heavy atom. The summed E-state index contributed by atoms with van der Waals surface area (Å²) in [6.45, 7) is 3.45. The molecule has 8 heteroatoms. The lowest BCUT2D eigenvalue weighted by Crippen LogP contribution is -2.44. The number of ether oxygens (including phenoxy) is 3. The lowest BCUT2D eigenvalue weighted by Gasteiger charge is -2.14. The summed E-state index contributed by atoms with van der Waals surface area (Å²) in [5.74, 6) is -0.703. The largest absolute Gasteiger partial charge is 0.497 e. The van der Waals surface area contributed by atoms with Crippen LogP contribution >= 0.6 is 0 Å². The quantitative estimate of drug-likeness (QED) is 0.760. The number of hydrogen-bond donors (Lipinski definition) is 2. The van der Waals surface area contributed by atoms with E-state index < -0.39 is 24.0 Å². The number of imide groups is 1. The predicted octanol–water partition coefficient (Wildman–Crippen LogP) is 1.09. The molecule has 0 fully saturated rings. The van der Waals surface area contributed by atoms with Crippen molar-refractivity contribution in [2.75, 3.05) is 20.8 Å². The monoisotopic (exact) mass is 324 g/mol. The zero-order valence-electron chi connectivity index (χ0n) is 13.5. The van der Waals surface area contributed by atoms with E-state index in [1.54, 1.807) is 13.0 Å². The molecule has 0 radical (unpaired) electrons. The number of benzene rings is 1. The van der Waals surface area contributed by atoms with Gasteiger partial charge in [0, 0.05) is 12.6 Å². The molecule has 1 atom stereocenters. The molecule has 126 valence electrons. The van der Waals surface area contributed by atoms with Gasteiger partial charge in [-0.05, 0) is 26.0 Å². The second kappa shape index (κ2) is 8.62. The van der Waals surface area contributed by atoms with E-state index in [2.05, 4.69) is 10.6 Å². The fourth-order valence-corrected chi connectivity index (χ4v) is 1.66. The topological polar surface area (TPSA) is 103 Å². The fraction of sp³-hybridized carbons (Fsp3) is 0.400. The zero-order chi connectivity index (χ0) is 17.4. The van der Waals surface area contributed by atoms with Crippen LogP contribution in [-0.2, 0) is 9.53 Å². The summed E-state index contributed by atoms with van der Waals surface area (Å²) < 4.78 is 15.2. The van der Waals surface area contributed by atoms with Crippen molar-refractivity contribution in [3.63, 3.8) is 0 Å². The van der Waals surface area contributed by atoms with Gasteiger partial charge in [-0.1, -0.05) is 0 Å². The Labute approximate surface area is 134 Å². The van der Waals surface area contributed by atoms with Crippen molar-refractivity contribution in [2.45, 2.75) is 20.0 Å². The molecule has 1 rings (SSSR count). The first kappa shape index (κ1) is 18.3.